The standard InChI is InChI=1S/C11H10N2O2S/c14-6-9(15)11-10(16-7-13-11)5-8-3-1-2-4-12-8/h1-6,11,13H,7H2. The van der Waals surface area contributed by atoms with Crippen molar-refractivity contribution in [1.29, 1.82) is 0 Å². The van der Waals surface area contributed by atoms with Crippen LogP contribution in [0.25, 0.3) is 6.08 Å². The normalized spacial score (nSPS) is 22.2. The van der Waals surface area contributed by atoms with Crippen LogP contribution >= 0.6 is 11.8 Å². The lowest BCUT2D eigenvalue weighted by molar-refractivity contribution is -0.130. The predicted octanol–water partition coefficient (Wildman–Crippen LogP) is 0.853. The molecule has 0 bridgehead atoms. The largest absolute Gasteiger partial charge is 0.295 e. The SMILES string of the molecule is O=CC(=O)C1NCSC1=Cc1ccccn1. The number of aldehydes is 1. The molecule has 0 amide bonds. The highest BCUT2D eigenvalue weighted by Crippen LogP contribution is 2.27. The summed E-state index contributed by atoms with van der Waals surface area (Å²) < 4.78 is 0. The number of ketones is 1. The molecule has 0 spiro atoms. The van der Waals surface area contributed by atoms with Gasteiger partial charge in [0.05, 0.1) is 5.69 Å². The highest BCUT2D eigenvalue weighted by atomic mass is 32.2. The molecule has 1 atom stereocenters. The molecule has 1 unspecified atom stereocenters. The monoisotopic (exact) mass is 234 g/mol. The average Bonchev–Trinajstić information content (AvgIpc) is 2.77. The second-order valence-corrected chi connectivity index (χ2v) is 4.30. The van der Waals surface area contributed by atoms with Gasteiger partial charge < -0.3 is 0 Å². The molecule has 1 aliphatic rings. The number of Topliss-reactive ketones (excluding diaryl/α,β-unsaturated/α-hetero) is 1. The van der Waals surface area contributed by atoms with Crippen molar-refractivity contribution in [3.63, 3.8) is 0 Å². The topological polar surface area (TPSA) is 59.1 Å². The van der Waals surface area contributed by atoms with Crippen molar-refractivity contribution in [3.05, 3.63) is 35.0 Å². The first-order valence-electron chi connectivity index (χ1n) is 4.79. The van der Waals surface area contributed by atoms with E-state index >= 15 is 0 Å². The number of nitrogens with zero attached hydrogens (tertiary/aromatic N) is 1. The minimum absolute atomic E-state index is 0.357. The summed E-state index contributed by atoms with van der Waals surface area (Å²) in [7, 11) is 0. The summed E-state index contributed by atoms with van der Waals surface area (Å²) >= 11 is 1.52. The third-order valence-corrected chi connectivity index (χ3v) is 3.19. The predicted molar refractivity (Wildman–Crippen MR) is 62.7 cm³/mol. The van der Waals surface area contributed by atoms with Crippen LogP contribution in [0.15, 0.2) is 29.3 Å². The van der Waals surface area contributed by atoms with Crippen LogP contribution in [-0.4, -0.2) is 29.0 Å². The molecule has 2 heterocycles. The molecule has 5 heteroatoms. The van der Waals surface area contributed by atoms with Crippen molar-refractivity contribution < 1.29 is 9.59 Å². The van der Waals surface area contributed by atoms with Crippen LogP contribution in [0.2, 0.25) is 0 Å². The van der Waals surface area contributed by atoms with Crippen LogP contribution in [0, 0.1) is 0 Å². The van der Waals surface area contributed by atoms with Crippen LogP contribution in [-0.2, 0) is 9.59 Å². The summed E-state index contributed by atoms with van der Waals surface area (Å²) in [5.41, 5.74) is 0.789. The molecule has 1 saturated heterocycles. The Morgan fingerprint density at radius 1 is 1.56 bits per heavy atom. The Bertz CT molecular complexity index is 431. The third-order valence-electron chi connectivity index (χ3n) is 2.19. The Balaban J connectivity index is 2.23. The fraction of sp³-hybridized carbons (Fsp3) is 0.182. The van der Waals surface area contributed by atoms with E-state index in [1.54, 1.807) is 6.20 Å². The van der Waals surface area contributed by atoms with Crippen molar-refractivity contribution in [1.82, 2.24) is 10.3 Å². The van der Waals surface area contributed by atoms with Gasteiger partial charge in [-0.25, -0.2) is 0 Å². The number of hydrogen-bond donors (Lipinski definition) is 1. The quantitative estimate of drug-likeness (QED) is 0.620. The van der Waals surface area contributed by atoms with Crippen LogP contribution in [0.1, 0.15) is 5.69 Å². The van der Waals surface area contributed by atoms with Crippen molar-refractivity contribution in [2.45, 2.75) is 6.04 Å². The zero-order chi connectivity index (χ0) is 11.4. The van der Waals surface area contributed by atoms with E-state index in [0.717, 1.165) is 10.6 Å². The van der Waals surface area contributed by atoms with Gasteiger partial charge in [-0.05, 0) is 18.2 Å². The van der Waals surface area contributed by atoms with E-state index in [1.165, 1.54) is 11.8 Å². The van der Waals surface area contributed by atoms with E-state index < -0.39 is 11.8 Å². The zero-order valence-electron chi connectivity index (χ0n) is 8.42. The van der Waals surface area contributed by atoms with Crippen LogP contribution in [0.3, 0.4) is 0 Å². The second-order valence-electron chi connectivity index (χ2n) is 3.25. The molecule has 1 aliphatic heterocycles. The molecule has 0 saturated carbocycles. The molecule has 1 fully saturated rings. The molecule has 1 aromatic heterocycles. The van der Waals surface area contributed by atoms with E-state index in [1.807, 2.05) is 24.3 Å². The second kappa shape index (κ2) is 5.05. The van der Waals surface area contributed by atoms with Gasteiger partial charge in [0.25, 0.3) is 0 Å². The fourth-order valence-corrected chi connectivity index (χ4v) is 2.42. The van der Waals surface area contributed by atoms with Gasteiger partial charge in [0.2, 0.25) is 5.78 Å². The number of rotatable bonds is 3. The van der Waals surface area contributed by atoms with E-state index in [4.69, 9.17) is 0 Å². The molecule has 1 aromatic rings. The van der Waals surface area contributed by atoms with E-state index in [9.17, 15) is 9.59 Å². The lowest BCUT2D eigenvalue weighted by atomic mass is 10.1. The minimum Gasteiger partial charge on any atom is -0.295 e. The highest BCUT2D eigenvalue weighted by molar-refractivity contribution is 8.03. The number of carbonyl (C=O) groups excluding carboxylic acids is 2. The van der Waals surface area contributed by atoms with E-state index in [2.05, 4.69) is 10.3 Å². The van der Waals surface area contributed by atoms with Crippen LogP contribution < -0.4 is 5.32 Å². The van der Waals surface area contributed by atoms with Gasteiger partial charge in [0.15, 0.2) is 6.29 Å². The fourth-order valence-electron chi connectivity index (χ4n) is 1.43. The Morgan fingerprint density at radius 3 is 3.12 bits per heavy atom. The maximum absolute atomic E-state index is 11.3. The summed E-state index contributed by atoms with van der Waals surface area (Å²) in [6.07, 6.45) is 3.88. The van der Waals surface area contributed by atoms with Gasteiger partial charge in [-0.2, -0.15) is 0 Å². The molecule has 82 valence electrons. The molecule has 0 radical (unpaired) electrons. The minimum atomic E-state index is -0.496. The Morgan fingerprint density at radius 2 is 2.44 bits per heavy atom. The molecule has 0 aromatic carbocycles. The van der Waals surface area contributed by atoms with Crippen molar-refractivity contribution in [3.8, 4) is 0 Å². The first kappa shape index (κ1) is 11.0. The maximum atomic E-state index is 11.3. The van der Waals surface area contributed by atoms with Gasteiger partial charge in [-0.3, -0.25) is 19.9 Å². The number of nitrogens with one attached hydrogen (secondary N) is 1. The summed E-state index contributed by atoms with van der Waals surface area (Å²) in [5, 5.41) is 2.96. The number of thioether (sulfide) groups is 1. The van der Waals surface area contributed by atoms with Crippen molar-refractivity contribution in [2.75, 3.05) is 5.88 Å². The van der Waals surface area contributed by atoms with E-state index in [0.29, 0.717) is 12.2 Å². The number of pyridine rings is 1. The summed E-state index contributed by atoms with van der Waals surface area (Å²) in [5.74, 6) is 0.204. The summed E-state index contributed by atoms with van der Waals surface area (Å²) in [4.78, 5) is 26.7. The van der Waals surface area contributed by atoms with Crippen LogP contribution in [0.4, 0.5) is 0 Å². The lowest BCUT2D eigenvalue weighted by Crippen LogP contribution is -2.32. The Labute approximate surface area is 97.1 Å². The summed E-state index contributed by atoms with van der Waals surface area (Å²) in [6, 6.07) is 5.07. The molecule has 16 heavy (non-hydrogen) atoms. The molecule has 1 N–H and O–H groups in total. The molecule has 0 aliphatic carbocycles. The van der Waals surface area contributed by atoms with Gasteiger partial charge in [-0.15, -0.1) is 11.8 Å². The van der Waals surface area contributed by atoms with E-state index in [-0.39, 0.29) is 0 Å². The zero-order valence-corrected chi connectivity index (χ0v) is 9.24. The average molecular weight is 234 g/mol. The van der Waals surface area contributed by atoms with Gasteiger partial charge in [-0.1, -0.05) is 6.07 Å². The van der Waals surface area contributed by atoms with Gasteiger partial charge in [0.1, 0.15) is 6.04 Å². The van der Waals surface area contributed by atoms with Gasteiger partial charge >= 0.3 is 0 Å². The lowest BCUT2D eigenvalue weighted by Gasteiger charge is -2.05. The number of hydrogen-bond acceptors (Lipinski definition) is 5. The first-order chi connectivity index (χ1) is 7.81. The van der Waals surface area contributed by atoms with Crippen LogP contribution in [0.5, 0.6) is 0 Å². The molecule has 2 rings (SSSR count). The maximum Gasteiger partial charge on any atom is 0.217 e. The third kappa shape index (κ3) is 2.37. The smallest absolute Gasteiger partial charge is 0.217 e. The number of aromatic nitrogens is 1. The highest BCUT2D eigenvalue weighted by Gasteiger charge is 2.27. The Kier molecular flexibility index (Phi) is 3.48. The first-order valence-corrected chi connectivity index (χ1v) is 5.77. The van der Waals surface area contributed by atoms with Crippen molar-refractivity contribution >= 4 is 29.9 Å². The molecule has 4 nitrogen and oxygen atoms in total. The summed E-state index contributed by atoms with van der Waals surface area (Å²) in [6.45, 7) is 0. The number of carbonyl (C=O) groups is 2. The molecular formula is C11H10N2O2S. The molecular weight excluding hydrogens is 224 g/mol. The van der Waals surface area contributed by atoms with Crippen molar-refractivity contribution in [2.24, 2.45) is 0 Å². The van der Waals surface area contributed by atoms with Gasteiger partial charge in [0, 0.05) is 17.0 Å². The Hall–Kier alpha value is -1.46.